The van der Waals surface area contributed by atoms with Gasteiger partial charge in [-0.2, -0.15) is 0 Å². The van der Waals surface area contributed by atoms with Gasteiger partial charge in [-0.25, -0.2) is 4.68 Å². The van der Waals surface area contributed by atoms with Crippen LogP contribution in [0.25, 0.3) is 5.69 Å². The van der Waals surface area contributed by atoms with Crippen molar-refractivity contribution in [2.24, 2.45) is 0 Å². The first-order valence-electron chi connectivity index (χ1n) is 7.28. The monoisotopic (exact) mass is 298 g/mol. The predicted octanol–water partition coefficient (Wildman–Crippen LogP) is 2.06. The van der Waals surface area contributed by atoms with Gasteiger partial charge in [0.25, 0.3) is 0 Å². The highest BCUT2D eigenvalue weighted by Gasteiger charge is 2.12. The van der Waals surface area contributed by atoms with Crippen molar-refractivity contribution in [1.29, 1.82) is 0 Å². The van der Waals surface area contributed by atoms with Gasteiger partial charge < -0.3 is 9.73 Å². The summed E-state index contributed by atoms with van der Waals surface area (Å²) in [7, 11) is 0. The van der Waals surface area contributed by atoms with E-state index in [1.54, 1.807) is 4.68 Å². The third-order valence-corrected chi connectivity index (χ3v) is 3.35. The van der Waals surface area contributed by atoms with E-state index in [2.05, 4.69) is 25.8 Å². The van der Waals surface area contributed by atoms with Crippen molar-refractivity contribution < 1.29 is 4.42 Å². The molecule has 1 atom stereocenters. The third kappa shape index (κ3) is 3.20. The number of para-hydroxylation sites is 1. The number of rotatable bonds is 6. The lowest BCUT2D eigenvalue weighted by atomic mass is 10.2. The summed E-state index contributed by atoms with van der Waals surface area (Å²) in [6, 6.07) is 9.93. The summed E-state index contributed by atoms with van der Waals surface area (Å²) in [5.41, 5.74) is 1.84. The van der Waals surface area contributed by atoms with Crippen LogP contribution in [-0.4, -0.2) is 25.2 Å². The normalized spacial score (nSPS) is 12.5. The van der Waals surface area contributed by atoms with E-state index >= 15 is 0 Å². The largest absolute Gasteiger partial charge is 0.424 e. The Morgan fingerprint density at radius 1 is 1.14 bits per heavy atom. The Bertz CT molecular complexity index is 720. The lowest BCUT2D eigenvalue weighted by Gasteiger charge is -2.08. The number of aromatic nitrogens is 5. The van der Waals surface area contributed by atoms with Gasteiger partial charge >= 0.3 is 0 Å². The van der Waals surface area contributed by atoms with E-state index in [0.29, 0.717) is 18.3 Å². The molecule has 0 spiro atoms. The van der Waals surface area contributed by atoms with Crippen LogP contribution in [-0.2, 0) is 13.0 Å². The Morgan fingerprint density at radius 2 is 1.91 bits per heavy atom. The maximum Gasteiger partial charge on any atom is 0.230 e. The van der Waals surface area contributed by atoms with Crippen molar-refractivity contribution in [3.8, 4) is 5.69 Å². The van der Waals surface area contributed by atoms with Crippen LogP contribution in [0.1, 0.15) is 37.4 Å². The summed E-state index contributed by atoms with van der Waals surface area (Å²) in [4.78, 5) is 0. The number of nitrogens with one attached hydrogen (secondary N) is 1. The van der Waals surface area contributed by atoms with Gasteiger partial charge in [-0.15, -0.1) is 15.3 Å². The Labute approximate surface area is 128 Å². The van der Waals surface area contributed by atoms with Crippen LogP contribution in [0.4, 0.5) is 0 Å². The average molecular weight is 298 g/mol. The highest BCUT2D eigenvalue weighted by atomic mass is 16.4. The molecule has 1 N–H and O–H groups in total. The minimum absolute atomic E-state index is 0.0365. The van der Waals surface area contributed by atoms with Crippen molar-refractivity contribution in [1.82, 2.24) is 30.5 Å². The molecule has 0 saturated carbocycles. The van der Waals surface area contributed by atoms with E-state index in [-0.39, 0.29) is 6.04 Å². The zero-order valence-electron chi connectivity index (χ0n) is 12.6. The second kappa shape index (κ2) is 6.48. The van der Waals surface area contributed by atoms with Crippen molar-refractivity contribution >= 4 is 0 Å². The number of hydrogen-bond acceptors (Lipinski definition) is 6. The highest BCUT2D eigenvalue weighted by molar-refractivity contribution is 5.30. The third-order valence-electron chi connectivity index (χ3n) is 3.35. The van der Waals surface area contributed by atoms with E-state index < -0.39 is 0 Å². The minimum atomic E-state index is 0.0365. The fourth-order valence-electron chi connectivity index (χ4n) is 2.03. The Hall–Kier alpha value is -2.54. The number of aryl methyl sites for hydroxylation is 1. The summed E-state index contributed by atoms with van der Waals surface area (Å²) in [5.74, 6) is 1.23. The lowest BCUT2D eigenvalue weighted by Crippen LogP contribution is -2.18. The summed E-state index contributed by atoms with van der Waals surface area (Å²) >= 11 is 0. The molecule has 1 aromatic carbocycles. The number of nitrogens with zero attached hydrogens (tertiary/aromatic N) is 5. The lowest BCUT2D eigenvalue weighted by molar-refractivity contribution is 0.420. The van der Waals surface area contributed by atoms with Gasteiger partial charge in [-0.1, -0.05) is 30.3 Å². The molecule has 2 aromatic heterocycles. The fraction of sp³-hybridized carbons (Fsp3) is 0.333. The van der Waals surface area contributed by atoms with Gasteiger partial charge in [0.1, 0.15) is 0 Å². The van der Waals surface area contributed by atoms with E-state index in [0.717, 1.165) is 17.8 Å². The Kier molecular flexibility index (Phi) is 4.24. The van der Waals surface area contributed by atoms with Crippen LogP contribution in [0.2, 0.25) is 0 Å². The first kappa shape index (κ1) is 14.4. The second-order valence-corrected chi connectivity index (χ2v) is 4.97. The smallest absolute Gasteiger partial charge is 0.230 e. The molecular formula is C15H18N6O. The molecule has 0 aliphatic carbocycles. The molecule has 0 aliphatic rings. The van der Waals surface area contributed by atoms with Gasteiger partial charge in [0.2, 0.25) is 11.8 Å². The maximum absolute atomic E-state index is 5.47. The molecule has 22 heavy (non-hydrogen) atoms. The number of benzene rings is 1. The molecule has 0 bridgehead atoms. The Morgan fingerprint density at radius 3 is 2.64 bits per heavy atom. The first-order valence-corrected chi connectivity index (χ1v) is 7.28. The summed E-state index contributed by atoms with van der Waals surface area (Å²) in [6.07, 6.45) is 2.66. The summed E-state index contributed by atoms with van der Waals surface area (Å²) in [5, 5.41) is 19.6. The summed E-state index contributed by atoms with van der Waals surface area (Å²) in [6.45, 7) is 4.51. The first-order chi connectivity index (χ1) is 10.8. The van der Waals surface area contributed by atoms with Crippen molar-refractivity contribution in [2.75, 3.05) is 0 Å². The van der Waals surface area contributed by atoms with Gasteiger partial charge in [-0.05, 0) is 19.1 Å². The molecule has 3 aromatic rings. The molecule has 2 heterocycles. The zero-order chi connectivity index (χ0) is 15.4. The maximum atomic E-state index is 5.47. The average Bonchev–Trinajstić information content (AvgIpc) is 3.22. The Balaban J connectivity index is 1.63. The molecule has 7 heteroatoms. The quantitative estimate of drug-likeness (QED) is 0.750. The fourth-order valence-corrected chi connectivity index (χ4v) is 2.03. The van der Waals surface area contributed by atoms with Gasteiger partial charge in [0.15, 0.2) is 0 Å². The molecule has 0 amide bonds. The summed E-state index contributed by atoms with van der Waals surface area (Å²) < 4.78 is 7.23. The molecule has 3 rings (SSSR count). The van der Waals surface area contributed by atoms with Gasteiger partial charge in [0.05, 0.1) is 30.2 Å². The van der Waals surface area contributed by atoms with E-state index in [9.17, 15) is 0 Å². The standard InChI is InChI=1S/C15H18N6O/c1-3-14-18-19-15(22-14)9-16-11(2)13-10-21(20-17-13)12-7-5-4-6-8-12/h4-8,10-11,16H,3,9H2,1-2H3/t11-/m1/s1. The predicted molar refractivity (Wildman–Crippen MR) is 80.3 cm³/mol. The van der Waals surface area contributed by atoms with Crippen LogP contribution in [0.3, 0.4) is 0 Å². The van der Waals surface area contributed by atoms with E-state index in [4.69, 9.17) is 4.42 Å². The van der Waals surface area contributed by atoms with Gasteiger partial charge in [-0.3, -0.25) is 0 Å². The zero-order valence-corrected chi connectivity index (χ0v) is 12.6. The van der Waals surface area contributed by atoms with Crippen LogP contribution < -0.4 is 5.32 Å². The molecule has 0 saturated heterocycles. The molecule has 114 valence electrons. The van der Waals surface area contributed by atoms with Crippen LogP contribution in [0, 0.1) is 0 Å². The molecule has 0 aliphatic heterocycles. The van der Waals surface area contributed by atoms with E-state index in [1.807, 2.05) is 50.4 Å². The van der Waals surface area contributed by atoms with Crippen molar-refractivity contribution in [3.05, 3.63) is 54.0 Å². The van der Waals surface area contributed by atoms with Crippen LogP contribution >= 0.6 is 0 Å². The highest BCUT2D eigenvalue weighted by Crippen LogP contribution is 2.12. The molecule has 7 nitrogen and oxygen atoms in total. The topological polar surface area (TPSA) is 81.7 Å². The van der Waals surface area contributed by atoms with Crippen LogP contribution in [0.15, 0.2) is 40.9 Å². The van der Waals surface area contributed by atoms with Crippen molar-refractivity contribution in [3.63, 3.8) is 0 Å². The van der Waals surface area contributed by atoms with E-state index in [1.165, 1.54) is 0 Å². The molecule has 0 fully saturated rings. The van der Waals surface area contributed by atoms with Crippen molar-refractivity contribution in [2.45, 2.75) is 32.9 Å². The minimum Gasteiger partial charge on any atom is -0.424 e. The second-order valence-electron chi connectivity index (χ2n) is 4.97. The van der Waals surface area contributed by atoms with Gasteiger partial charge in [0, 0.05) is 6.42 Å². The molecule has 0 unspecified atom stereocenters. The SMILES string of the molecule is CCc1nnc(CN[C@H](C)c2cn(-c3ccccc3)nn2)o1. The van der Waals surface area contributed by atoms with Crippen LogP contribution in [0.5, 0.6) is 0 Å². The molecule has 0 radical (unpaired) electrons. The number of hydrogen-bond donors (Lipinski definition) is 1. The molecular weight excluding hydrogens is 280 g/mol.